The Kier molecular flexibility index (Phi) is 7.71. The third kappa shape index (κ3) is 6.84. The maximum atomic E-state index is 13.0. The van der Waals surface area contributed by atoms with Gasteiger partial charge in [0.15, 0.2) is 9.84 Å². The lowest BCUT2D eigenvalue weighted by Gasteiger charge is -2.05. The van der Waals surface area contributed by atoms with Gasteiger partial charge in [0.1, 0.15) is 16.6 Å². The van der Waals surface area contributed by atoms with E-state index >= 15 is 0 Å². The molecule has 0 unspecified atom stereocenters. The molecule has 1 heterocycles. The first-order valence-electron chi connectivity index (χ1n) is 8.57. The number of aromatic nitrogens is 1. The largest absolute Gasteiger partial charge is 0.355 e. The molecule has 1 N–H and O–H groups in total. The number of halogens is 1. The second-order valence-electron chi connectivity index (χ2n) is 6.09. The van der Waals surface area contributed by atoms with Crippen LogP contribution in [-0.2, 0) is 20.4 Å². The van der Waals surface area contributed by atoms with Crippen LogP contribution in [0.1, 0.15) is 38.3 Å². The highest BCUT2D eigenvalue weighted by Crippen LogP contribution is 2.24. The van der Waals surface area contributed by atoms with E-state index in [0.29, 0.717) is 17.2 Å². The van der Waals surface area contributed by atoms with Gasteiger partial charge >= 0.3 is 0 Å². The molecular weight excluding hydrogens is 375 g/mol. The zero-order chi connectivity index (χ0) is 19.0. The van der Waals surface area contributed by atoms with E-state index in [1.165, 1.54) is 23.5 Å². The van der Waals surface area contributed by atoms with E-state index < -0.39 is 21.5 Å². The smallest absolute Gasteiger partial charge is 0.235 e. The van der Waals surface area contributed by atoms with E-state index in [-0.39, 0.29) is 11.6 Å². The van der Waals surface area contributed by atoms with Crippen molar-refractivity contribution in [2.75, 3.05) is 12.3 Å². The lowest BCUT2D eigenvalue weighted by Crippen LogP contribution is -2.31. The Labute approximate surface area is 157 Å². The molecule has 0 aliphatic heterocycles. The zero-order valence-electron chi connectivity index (χ0n) is 14.7. The van der Waals surface area contributed by atoms with Gasteiger partial charge in [-0.2, -0.15) is 0 Å². The summed E-state index contributed by atoms with van der Waals surface area (Å²) in [6.07, 6.45) is 4.09. The number of amides is 1. The van der Waals surface area contributed by atoms with Crippen LogP contribution >= 0.6 is 11.3 Å². The number of nitrogens with zero attached hydrogens (tertiary/aromatic N) is 1. The van der Waals surface area contributed by atoms with Gasteiger partial charge in [-0.05, 0) is 30.7 Å². The summed E-state index contributed by atoms with van der Waals surface area (Å²) in [5, 5.41) is 4.92. The monoisotopic (exact) mass is 398 g/mol. The highest BCUT2D eigenvalue weighted by atomic mass is 32.2. The van der Waals surface area contributed by atoms with Crippen LogP contribution in [-0.4, -0.2) is 31.6 Å². The minimum atomic E-state index is -3.58. The Morgan fingerprint density at radius 3 is 2.62 bits per heavy atom. The molecule has 0 aliphatic carbocycles. The van der Waals surface area contributed by atoms with Crippen molar-refractivity contribution < 1.29 is 17.6 Å². The second kappa shape index (κ2) is 9.78. The minimum absolute atomic E-state index is 0.284. The molecule has 0 radical (unpaired) electrons. The molecule has 2 aromatic rings. The molecular formula is C18H23FN2O3S2. The summed E-state index contributed by atoms with van der Waals surface area (Å²) in [6.45, 7) is 2.60. The summed E-state index contributed by atoms with van der Waals surface area (Å²) < 4.78 is 37.3. The minimum Gasteiger partial charge on any atom is -0.355 e. The van der Waals surface area contributed by atoms with Gasteiger partial charge in [0.25, 0.3) is 0 Å². The van der Waals surface area contributed by atoms with Crippen molar-refractivity contribution in [3.05, 3.63) is 41.2 Å². The standard InChI is InChI=1S/C18H23FN2O3S2/c1-2-3-4-5-10-20-17(22)13-26(23,24)12-16-11-25-18(21-16)14-6-8-15(19)9-7-14/h6-9,11H,2-5,10,12-13H2,1H3,(H,20,22). The van der Waals surface area contributed by atoms with Gasteiger partial charge in [0, 0.05) is 17.5 Å². The first-order chi connectivity index (χ1) is 12.4. The average molecular weight is 399 g/mol. The molecule has 0 fully saturated rings. The first kappa shape index (κ1) is 20.5. The van der Waals surface area contributed by atoms with E-state index in [9.17, 15) is 17.6 Å². The van der Waals surface area contributed by atoms with Gasteiger partial charge in [-0.15, -0.1) is 11.3 Å². The summed E-state index contributed by atoms with van der Waals surface area (Å²) in [4.78, 5) is 16.1. The van der Waals surface area contributed by atoms with Crippen LogP contribution in [0.25, 0.3) is 10.6 Å². The quantitative estimate of drug-likeness (QED) is 0.621. The van der Waals surface area contributed by atoms with Crippen molar-refractivity contribution in [3.63, 3.8) is 0 Å². The predicted octanol–water partition coefficient (Wildman–Crippen LogP) is 3.56. The van der Waals surface area contributed by atoms with Crippen molar-refractivity contribution in [2.45, 2.75) is 38.4 Å². The van der Waals surface area contributed by atoms with Crippen molar-refractivity contribution in [1.29, 1.82) is 0 Å². The molecule has 8 heteroatoms. The summed E-state index contributed by atoms with van der Waals surface area (Å²) >= 11 is 1.29. The molecule has 1 aromatic heterocycles. The highest BCUT2D eigenvalue weighted by molar-refractivity contribution is 7.91. The molecule has 0 saturated heterocycles. The van der Waals surface area contributed by atoms with Crippen LogP contribution in [0.3, 0.4) is 0 Å². The highest BCUT2D eigenvalue weighted by Gasteiger charge is 2.19. The van der Waals surface area contributed by atoms with E-state index in [4.69, 9.17) is 0 Å². The van der Waals surface area contributed by atoms with Crippen molar-refractivity contribution in [1.82, 2.24) is 10.3 Å². The Hall–Kier alpha value is -1.80. The molecule has 0 bridgehead atoms. The van der Waals surface area contributed by atoms with Crippen LogP contribution in [0.15, 0.2) is 29.6 Å². The molecule has 1 amide bonds. The van der Waals surface area contributed by atoms with Crippen LogP contribution in [0.4, 0.5) is 4.39 Å². The summed E-state index contributed by atoms with van der Waals surface area (Å²) in [5.41, 5.74) is 1.12. The lowest BCUT2D eigenvalue weighted by molar-refractivity contribution is -0.118. The maximum absolute atomic E-state index is 13.0. The number of sulfone groups is 1. The van der Waals surface area contributed by atoms with E-state index in [2.05, 4.69) is 17.2 Å². The second-order valence-corrected chi connectivity index (χ2v) is 9.02. The van der Waals surface area contributed by atoms with Crippen LogP contribution < -0.4 is 5.32 Å². The molecule has 5 nitrogen and oxygen atoms in total. The Balaban J connectivity index is 1.87. The predicted molar refractivity (Wildman–Crippen MR) is 102 cm³/mol. The Bertz CT molecular complexity index is 817. The molecule has 142 valence electrons. The summed E-state index contributed by atoms with van der Waals surface area (Å²) in [7, 11) is -3.58. The van der Waals surface area contributed by atoms with Gasteiger partial charge in [-0.25, -0.2) is 17.8 Å². The van der Waals surface area contributed by atoms with Crippen molar-refractivity contribution in [2.24, 2.45) is 0 Å². The Morgan fingerprint density at radius 1 is 1.19 bits per heavy atom. The number of carbonyl (C=O) groups is 1. The van der Waals surface area contributed by atoms with Gasteiger partial charge in [0.2, 0.25) is 5.91 Å². The number of nitrogens with one attached hydrogen (secondary N) is 1. The fraction of sp³-hybridized carbons (Fsp3) is 0.444. The van der Waals surface area contributed by atoms with Gasteiger partial charge in [0.05, 0.1) is 11.4 Å². The molecule has 0 saturated carbocycles. The number of hydrogen-bond donors (Lipinski definition) is 1. The van der Waals surface area contributed by atoms with E-state index in [1.54, 1.807) is 17.5 Å². The fourth-order valence-electron chi connectivity index (χ4n) is 2.41. The number of carbonyl (C=O) groups excluding carboxylic acids is 1. The fourth-order valence-corrected chi connectivity index (χ4v) is 4.54. The number of hydrogen-bond acceptors (Lipinski definition) is 5. The molecule has 1 aromatic carbocycles. The molecule has 2 rings (SSSR count). The number of rotatable bonds is 10. The number of unbranched alkanes of at least 4 members (excludes halogenated alkanes) is 3. The van der Waals surface area contributed by atoms with E-state index in [0.717, 1.165) is 31.2 Å². The molecule has 0 aliphatic rings. The first-order valence-corrected chi connectivity index (χ1v) is 11.3. The average Bonchev–Trinajstić information content (AvgIpc) is 3.02. The van der Waals surface area contributed by atoms with Crippen LogP contribution in [0.2, 0.25) is 0 Å². The van der Waals surface area contributed by atoms with Crippen LogP contribution in [0, 0.1) is 5.82 Å². The maximum Gasteiger partial charge on any atom is 0.235 e. The Morgan fingerprint density at radius 2 is 1.92 bits per heavy atom. The molecule has 26 heavy (non-hydrogen) atoms. The third-order valence-electron chi connectivity index (χ3n) is 3.71. The van der Waals surface area contributed by atoms with Crippen molar-refractivity contribution >= 4 is 27.1 Å². The SMILES string of the molecule is CCCCCCNC(=O)CS(=O)(=O)Cc1csc(-c2ccc(F)cc2)n1. The summed E-state index contributed by atoms with van der Waals surface area (Å²) in [6, 6.07) is 5.85. The van der Waals surface area contributed by atoms with Crippen LogP contribution in [0.5, 0.6) is 0 Å². The number of benzene rings is 1. The topological polar surface area (TPSA) is 76.1 Å². The molecule has 0 spiro atoms. The summed E-state index contributed by atoms with van der Waals surface area (Å²) in [5.74, 6) is -1.64. The van der Waals surface area contributed by atoms with Gasteiger partial charge in [-0.3, -0.25) is 4.79 Å². The zero-order valence-corrected chi connectivity index (χ0v) is 16.3. The normalized spacial score (nSPS) is 11.5. The van der Waals surface area contributed by atoms with Gasteiger partial charge < -0.3 is 5.32 Å². The number of thiazole rings is 1. The van der Waals surface area contributed by atoms with Gasteiger partial charge in [-0.1, -0.05) is 26.2 Å². The van der Waals surface area contributed by atoms with E-state index in [1.807, 2.05) is 0 Å². The lowest BCUT2D eigenvalue weighted by atomic mass is 10.2. The van der Waals surface area contributed by atoms with Crippen molar-refractivity contribution in [3.8, 4) is 10.6 Å². The molecule has 0 atom stereocenters. The third-order valence-corrected chi connectivity index (χ3v) is 6.09.